The fourth-order valence-corrected chi connectivity index (χ4v) is 1.97. The largest absolute Gasteiger partial charge is 0.504 e. The van der Waals surface area contributed by atoms with E-state index in [-0.39, 0.29) is 11.7 Å². The lowest BCUT2D eigenvalue weighted by atomic mass is 9.89. The Morgan fingerprint density at radius 2 is 2.18 bits per heavy atom. The highest BCUT2D eigenvalue weighted by Gasteiger charge is 2.37. The molecule has 0 bridgehead atoms. The minimum atomic E-state index is -0.779. The van der Waals surface area contributed by atoms with Gasteiger partial charge in [0.15, 0.2) is 11.5 Å². The SMILES string of the molecule is COc1cc(C2(C)NCCNC2=O)ccc1O. The minimum Gasteiger partial charge on any atom is -0.504 e. The number of phenols is 1. The Labute approximate surface area is 99.8 Å². The molecule has 0 radical (unpaired) electrons. The number of aromatic hydroxyl groups is 1. The summed E-state index contributed by atoms with van der Waals surface area (Å²) in [5, 5.41) is 15.5. The molecule has 1 saturated heterocycles. The number of carbonyl (C=O) groups is 1. The first kappa shape index (κ1) is 11.7. The molecule has 5 nitrogen and oxygen atoms in total. The number of carbonyl (C=O) groups excluding carboxylic acids is 1. The molecule has 1 atom stereocenters. The Kier molecular flexibility index (Phi) is 2.93. The lowest BCUT2D eigenvalue weighted by Gasteiger charge is -2.34. The summed E-state index contributed by atoms with van der Waals surface area (Å²) in [6, 6.07) is 4.92. The van der Waals surface area contributed by atoms with Gasteiger partial charge in [-0.3, -0.25) is 10.1 Å². The van der Waals surface area contributed by atoms with E-state index < -0.39 is 5.54 Å². The van der Waals surface area contributed by atoms with Crippen molar-refractivity contribution < 1.29 is 14.6 Å². The number of ether oxygens (including phenoxy) is 1. The summed E-state index contributed by atoms with van der Waals surface area (Å²) in [4.78, 5) is 11.9. The normalized spacial score (nSPS) is 24.2. The Hall–Kier alpha value is -1.75. The lowest BCUT2D eigenvalue weighted by Crippen LogP contribution is -2.59. The smallest absolute Gasteiger partial charge is 0.244 e. The van der Waals surface area contributed by atoms with Crippen LogP contribution < -0.4 is 15.4 Å². The number of benzene rings is 1. The Morgan fingerprint density at radius 3 is 2.82 bits per heavy atom. The molecule has 1 amide bonds. The molecule has 1 heterocycles. The van der Waals surface area contributed by atoms with Crippen LogP contribution in [0.4, 0.5) is 0 Å². The third-order valence-corrected chi connectivity index (χ3v) is 3.10. The molecule has 0 saturated carbocycles. The zero-order chi connectivity index (χ0) is 12.5. The summed E-state index contributed by atoms with van der Waals surface area (Å²) in [7, 11) is 1.48. The summed E-state index contributed by atoms with van der Waals surface area (Å²) in [6.45, 7) is 3.16. The van der Waals surface area contributed by atoms with Crippen LogP contribution in [0.15, 0.2) is 18.2 Å². The minimum absolute atomic E-state index is 0.0658. The molecule has 1 unspecified atom stereocenters. The standard InChI is InChI=1S/C12H16N2O3/c1-12(11(16)13-5-6-14-12)8-3-4-9(15)10(7-8)17-2/h3-4,7,14-15H,5-6H2,1-2H3,(H,13,16). The predicted octanol–water partition coefficient (Wildman–Crippen LogP) is 0.335. The summed E-state index contributed by atoms with van der Waals surface area (Å²) in [6.07, 6.45) is 0. The van der Waals surface area contributed by atoms with Crippen LogP contribution in [0.3, 0.4) is 0 Å². The molecule has 0 aliphatic carbocycles. The second-order valence-corrected chi connectivity index (χ2v) is 4.19. The van der Waals surface area contributed by atoms with Gasteiger partial charge in [0, 0.05) is 13.1 Å². The van der Waals surface area contributed by atoms with Gasteiger partial charge in [-0.05, 0) is 24.6 Å². The van der Waals surface area contributed by atoms with Crippen LogP contribution in [0.1, 0.15) is 12.5 Å². The summed E-state index contributed by atoms with van der Waals surface area (Å²) >= 11 is 0. The van der Waals surface area contributed by atoms with Crippen LogP contribution in [-0.2, 0) is 10.3 Å². The van der Waals surface area contributed by atoms with Crippen molar-refractivity contribution in [2.24, 2.45) is 0 Å². The van der Waals surface area contributed by atoms with Crippen LogP contribution in [0.2, 0.25) is 0 Å². The van der Waals surface area contributed by atoms with Gasteiger partial charge in [0.05, 0.1) is 7.11 Å². The maximum atomic E-state index is 11.9. The number of hydrogen-bond acceptors (Lipinski definition) is 4. The van der Waals surface area contributed by atoms with E-state index in [4.69, 9.17) is 4.74 Å². The first-order valence-corrected chi connectivity index (χ1v) is 5.49. The van der Waals surface area contributed by atoms with Crippen molar-refractivity contribution in [1.29, 1.82) is 0 Å². The van der Waals surface area contributed by atoms with E-state index >= 15 is 0 Å². The zero-order valence-corrected chi connectivity index (χ0v) is 9.91. The van der Waals surface area contributed by atoms with E-state index in [2.05, 4.69) is 10.6 Å². The fraction of sp³-hybridized carbons (Fsp3) is 0.417. The van der Waals surface area contributed by atoms with Crippen molar-refractivity contribution >= 4 is 5.91 Å². The van der Waals surface area contributed by atoms with Gasteiger partial charge in [0.25, 0.3) is 0 Å². The average molecular weight is 236 g/mol. The number of nitrogens with one attached hydrogen (secondary N) is 2. The molecular formula is C12H16N2O3. The van der Waals surface area contributed by atoms with E-state index in [0.717, 1.165) is 5.56 Å². The van der Waals surface area contributed by atoms with Crippen molar-refractivity contribution in [2.75, 3.05) is 20.2 Å². The number of hydrogen-bond donors (Lipinski definition) is 3. The van der Waals surface area contributed by atoms with Crippen LogP contribution >= 0.6 is 0 Å². The molecule has 1 fully saturated rings. The predicted molar refractivity (Wildman–Crippen MR) is 63.0 cm³/mol. The van der Waals surface area contributed by atoms with E-state index in [1.807, 2.05) is 6.92 Å². The Morgan fingerprint density at radius 1 is 1.41 bits per heavy atom. The van der Waals surface area contributed by atoms with Crippen molar-refractivity contribution in [3.05, 3.63) is 23.8 Å². The third-order valence-electron chi connectivity index (χ3n) is 3.10. The molecule has 1 aromatic carbocycles. The van der Waals surface area contributed by atoms with Gasteiger partial charge in [-0.15, -0.1) is 0 Å². The number of methoxy groups -OCH3 is 1. The maximum absolute atomic E-state index is 11.9. The van der Waals surface area contributed by atoms with Gasteiger partial charge >= 0.3 is 0 Å². The van der Waals surface area contributed by atoms with Crippen LogP contribution in [-0.4, -0.2) is 31.2 Å². The van der Waals surface area contributed by atoms with Gasteiger partial charge in [0.1, 0.15) is 5.54 Å². The van der Waals surface area contributed by atoms with Gasteiger partial charge < -0.3 is 15.2 Å². The molecule has 5 heteroatoms. The third kappa shape index (κ3) is 1.93. The number of amides is 1. The van der Waals surface area contributed by atoms with Crippen LogP contribution in [0, 0.1) is 0 Å². The van der Waals surface area contributed by atoms with Gasteiger partial charge in [-0.1, -0.05) is 6.07 Å². The van der Waals surface area contributed by atoms with Crippen LogP contribution in [0.5, 0.6) is 11.5 Å². The molecule has 1 aromatic rings. The topological polar surface area (TPSA) is 70.6 Å². The molecular weight excluding hydrogens is 220 g/mol. The molecule has 0 aromatic heterocycles. The average Bonchev–Trinajstić information content (AvgIpc) is 2.33. The van der Waals surface area contributed by atoms with Gasteiger partial charge in [-0.2, -0.15) is 0 Å². The van der Waals surface area contributed by atoms with Gasteiger partial charge in [-0.25, -0.2) is 0 Å². The first-order chi connectivity index (χ1) is 8.08. The Balaban J connectivity index is 2.41. The molecule has 1 aliphatic heterocycles. The molecule has 92 valence electrons. The van der Waals surface area contributed by atoms with E-state index in [0.29, 0.717) is 18.8 Å². The monoisotopic (exact) mass is 236 g/mol. The number of rotatable bonds is 2. The second-order valence-electron chi connectivity index (χ2n) is 4.19. The molecule has 3 N–H and O–H groups in total. The van der Waals surface area contributed by atoms with E-state index in [9.17, 15) is 9.90 Å². The number of phenolic OH excluding ortho intramolecular Hbond substituents is 1. The summed E-state index contributed by atoms with van der Waals surface area (Å²) in [5.74, 6) is 0.358. The van der Waals surface area contributed by atoms with Crippen molar-refractivity contribution in [2.45, 2.75) is 12.5 Å². The highest BCUT2D eigenvalue weighted by molar-refractivity contribution is 5.88. The Bertz CT molecular complexity index is 447. The van der Waals surface area contributed by atoms with Gasteiger partial charge in [0.2, 0.25) is 5.91 Å². The highest BCUT2D eigenvalue weighted by atomic mass is 16.5. The quantitative estimate of drug-likeness (QED) is 0.692. The second kappa shape index (κ2) is 4.25. The first-order valence-electron chi connectivity index (χ1n) is 5.49. The summed E-state index contributed by atoms with van der Waals surface area (Å²) < 4.78 is 5.05. The highest BCUT2D eigenvalue weighted by Crippen LogP contribution is 2.32. The van der Waals surface area contributed by atoms with Crippen molar-refractivity contribution in [3.63, 3.8) is 0 Å². The molecule has 0 spiro atoms. The fourth-order valence-electron chi connectivity index (χ4n) is 1.97. The van der Waals surface area contributed by atoms with E-state index in [1.165, 1.54) is 13.2 Å². The maximum Gasteiger partial charge on any atom is 0.244 e. The summed E-state index contributed by atoms with van der Waals surface area (Å²) in [5.41, 5.74) is -0.0106. The molecule has 1 aliphatic rings. The molecule has 2 rings (SSSR count). The van der Waals surface area contributed by atoms with Crippen molar-refractivity contribution in [3.8, 4) is 11.5 Å². The van der Waals surface area contributed by atoms with Crippen LogP contribution in [0.25, 0.3) is 0 Å². The van der Waals surface area contributed by atoms with E-state index in [1.54, 1.807) is 12.1 Å². The number of piperazine rings is 1. The molecule has 17 heavy (non-hydrogen) atoms. The van der Waals surface area contributed by atoms with Crippen molar-refractivity contribution in [1.82, 2.24) is 10.6 Å². The zero-order valence-electron chi connectivity index (χ0n) is 9.91. The lowest BCUT2D eigenvalue weighted by molar-refractivity contribution is -0.128.